The Morgan fingerprint density at radius 3 is 2.28 bits per heavy atom. The van der Waals surface area contributed by atoms with E-state index in [0.29, 0.717) is 13.1 Å². The maximum absolute atomic E-state index is 12.2. The quantitative estimate of drug-likeness (QED) is 0.720. The lowest BCUT2D eigenvalue weighted by Gasteiger charge is -2.28. The Kier molecular flexibility index (Phi) is 5.16. The highest BCUT2D eigenvalue weighted by molar-refractivity contribution is 5.82. The van der Waals surface area contributed by atoms with Gasteiger partial charge in [-0.3, -0.25) is 4.79 Å². The summed E-state index contributed by atoms with van der Waals surface area (Å²) in [7, 11) is 0. The van der Waals surface area contributed by atoms with Gasteiger partial charge in [0.1, 0.15) is 5.75 Å². The summed E-state index contributed by atoms with van der Waals surface area (Å²) in [5, 5.41) is 12.1. The van der Waals surface area contributed by atoms with Gasteiger partial charge >= 0.3 is 0 Å². The number of carbonyl (C=O) groups is 1. The topological polar surface area (TPSA) is 75.4 Å². The number of aromatic hydroxyl groups is 1. The first-order valence-electron chi connectivity index (χ1n) is 6.34. The third-order valence-electron chi connectivity index (χ3n) is 3.62. The number of rotatable bonds is 6. The fourth-order valence-electron chi connectivity index (χ4n) is 1.94. The normalized spacial score (nSPS) is 11.3. The average molecular weight is 250 g/mol. The fourth-order valence-corrected chi connectivity index (χ4v) is 1.94. The van der Waals surface area contributed by atoms with Crippen LogP contribution in [0.15, 0.2) is 24.3 Å². The molecule has 0 spiro atoms. The van der Waals surface area contributed by atoms with Crippen molar-refractivity contribution in [1.82, 2.24) is 5.32 Å². The van der Waals surface area contributed by atoms with Crippen molar-refractivity contribution in [1.29, 1.82) is 0 Å². The molecule has 4 N–H and O–H groups in total. The summed E-state index contributed by atoms with van der Waals surface area (Å²) in [6.45, 7) is 4.79. The predicted molar refractivity (Wildman–Crippen MR) is 72.0 cm³/mol. The predicted octanol–water partition coefficient (Wildman–Crippen LogP) is 1.77. The smallest absolute Gasteiger partial charge is 0.227 e. The SMILES string of the molecule is CCC(CC)(CN)C(=O)NCc1ccc(O)cc1. The van der Waals surface area contributed by atoms with Crippen LogP contribution in [0.1, 0.15) is 32.3 Å². The second-order valence-corrected chi connectivity index (χ2v) is 4.54. The summed E-state index contributed by atoms with van der Waals surface area (Å²) in [6, 6.07) is 6.80. The van der Waals surface area contributed by atoms with Gasteiger partial charge < -0.3 is 16.2 Å². The Bertz CT molecular complexity index is 375. The largest absolute Gasteiger partial charge is 0.508 e. The molecule has 0 unspecified atom stereocenters. The van der Waals surface area contributed by atoms with Crippen molar-refractivity contribution in [3.05, 3.63) is 29.8 Å². The monoisotopic (exact) mass is 250 g/mol. The lowest BCUT2D eigenvalue weighted by Crippen LogP contribution is -2.45. The summed E-state index contributed by atoms with van der Waals surface area (Å²) in [5.41, 5.74) is 6.22. The maximum Gasteiger partial charge on any atom is 0.227 e. The Morgan fingerprint density at radius 1 is 1.28 bits per heavy atom. The van der Waals surface area contributed by atoms with Crippen LogP contribution in [0.25, 0.3) is 0 Å². The molecule has 0 saturated heterocycles. The van der Waals surface area contributed by atoms with E-state index in [1.807, 2.05) is 13.8 Å². The molecule has 0 aliphatic rings. The summed E-state index contributed by atoms with van der Waals surface area (Å²) >= 11 is 0. The van der Waals surface area contributed by atoms with E-state index in [1.54, 1.807) is 24.3 Å². The number of phenolic OH excluding ortho intramolecular Hbond substituents is 1. The highest BCUT2D eigenvalue weighted by atomic mass is 16.3. The van der Waals surface area contributed by atoms with Gasteiger partial charge in [0.15, 0.2) is 0 Å². The van der Waals surface area contributed by atoms with Gasteiger partial charge in [0.25, 0.3) is 0 Å². The van der Waals surface area contributed by atoms with Crippen LogP contribution in [0, 0.1) is 5.41 Å². The zero-order chi connectivity index (χ0) is 13.6. The first kappa shape index (κ1) is 14.5. The Labute approximate surface area is 108 Å². The zero-order valence-electron chi connectivity index (χ0n) is 11.1. The molecule has 0 saturated carbocycles. The molecule has 1 rings (SSSR count). The molecule has 1 amide bonds. The average Bonchev–Trinajstić information content (AvgIpc) is 2.41. The molecule has 0 fully saturated rings. The first-order valence-corrected chi connectivity index (χ1v) is 6.34. The van der Waals surface area contributed by atoms with E-state index in [0.717, 1.165) is 18.4 Å². The molecule has 0 atom stereocenters. The van der Waals surface area contributed by atoms with Crippen molar-refractivity contribution in [2.75, 3.05) is 6.54 Å². The van der Waals surface area contributed by atoms with Crippen LogP contribution in [0.4, 0.5) is 0 Å². The van der Waals surface area contributed by atoms with Crippen molar-refractivity contribution < 1.29 is 9.90 Å². The van der Waals surface area contributed by atoms with Gasteiger partial charge in [0.2, 0.25) is 5.91 Å². The summed E-state index contributed by atoms with van der Waals surface area (Å²) in [5.74, 6) is 0.228. The molecule has 0 aliphatic heterocycles. The third kappa shape index (κ3) is 3.23. The van der Waals surface area contributed by atoms with E-state index < -0.39 is 5.41 Å². The minimum absolute atomic E-state index is 0.00285. The maximum atomic E-state index is 12.2. The molecule has 0 heterocycles. The Morgan fingerprint density at radius 2 is 1.83 bits per heavy atom. The van der Waals surface area contributed by atoms with E-state index in [1.165, 1.54) is 0 Å². The van der Waals surface area contributed by atoms with Crippen LogP contribution in [0.2, 0.25) is 0 Å². The molecule has 0 aliphatic carbocycles. The minimum Gasteiger partial charge on any atom is -0.508 e. The van der Waals surface area contributed by atoms with Crippen LogP contribution in [-0.4, -0.2) is 17.6 Å². The number of nitrogens with one attached hydrogen (secondary N) is 1. The van der Waals surface area contributed by atoms with Crippen molar-refractivity contribution >= 4 is 5.91 Å². The van der Waals surface area contributed by atoms with Crippen molar-refractivity contribution in [3.63, 3.8) is 0 Å². The van der Waals surface area contributed by atoms with Gasteiger partial charge in [-0.1, -0.05) is 26.0 Å². The number of nitrogens with two attached hydrogens (primary N) is 1. The van der Waals surface area contributed by atoms with Crippen LogP contribution in [0.3, 0.4) is 0 Å². The lowest BCUT2D eigenvalue weighted by atomic mass is 9.81. The van der Waals surface area contributed by atoms with Gasteiger partial charge in [0, 0.05) is 13.1 Å². The molecular formula is C14H22N2O2. The van der Waals surface area contributed by atoms with Gasteiger partial charge in [-0.2, -0.15) is 0 Å². The molecule has 4 nitrogen and oxygen atoms in total. The van der Waals surface area contributed by atoms with Crippen molar-refractivity contribution in [2.24, 2.45) is 11.1 Å². The van der Waals surface area contributed by atoms with E-state index in [9.17, 15) is 9.90 Å². The number of carbonyl (C=O) groups excluding carboxylic acids is 1. The molecular weight excluding hydrogens is 228 g/mol. The molecule has 0 radical (unpaired) electrons. The summed E-state index contributed by atoms with van der Waals surface area (Å²) in [4.78, 5) is 12.2. The van der Waals surface area contributed by atoms with Crippen LogP contribution < -0.4 is 11.1 Å². The highest BCUT2D eigenvalue weighted by Crippen LogP contribution is 2.25. The molecule has 1 aromatic carbocycles. The summed E-state index contributed by atoms with van der Waals surface area (Å²) < 4.78 is 0. The Balaban J connectivity index is 2.62. The molecule has 4 heteroatoms. The second-order valence-electron chi connectivity index (χ2n) is 4.54. The van der Waals surface area contributed by atoms with Gasteiger partial charge in [0.05, 0.1) is 5.41 Å². The molecule has 0 aromatic heterocycles. The van der Waals surface area contributed by atoms with E-state index in [4.69, 9.17) is 5.73 Å². The fraction of sp³-hybridized carbons (Fsp3) is 0.500. The summed E-state index contributed by atoms with van der Waals surface area (Å²) in [6.07, 6.45) is 1.48. The molecule has 0 bridgehead atoms. The zero-order valence-corrected chi connectivity index (χ0v) is 11.1. The van der Waals surface area contributed by atoms with Crippen molar-refractivity contribution in [3.8, 4) is 5.75 Å². The van der Waals surface area contributed by atoms with E-state index >= 15 is 0 Å². The molecule has 18 heavy (non-hydrogen) atoms. The number of hydrogen-bond donors (Lipinski definition) is 3. The standard InChI is InChI=1S/C14H22N2O2/c1-3-14(4-2,10-15)13(18)16-9-11-5-7-12(17)8-6-11/h5-8,17H,3-4,9-10,15H2,1-2H3,(H,16,18). The number of amides is 1. The number of phenols is 1. The molecule has 1 aromatic rings. The first-order chi connectivity index (χ1) is 8.57. The molecule has 100 valence electrons. The van der Waals surface area contributed by atoms with Gasteiger partial charge in [-0.25, -0.2) is 0 Å². The number of hydrogen-bond acceptors (Lipinski definition) is 3. The van der Waals surface area contributed by atoms with Crippen LogP contribution in [-0.2, 0) is 11.3 Å². The highest BCUT2D eigenvalue weighted by Gasteiger charge is 2.32. The van der Waals surface area contributed by atoms with Gasteiger partial charge in [-0.15, -0.1) is 0 Å². The van der Waals surface area contributed by atoms with Crippen LogP contribution >= 0.6 is 0 Å². The van der Waals surface area contributed by atoms with Crippen LogP contribution in [0.5, 0.6) is 5.75 Å². The number of benzene rings is 1. The van der Waals surface area contributed by atoms with E-state index in [-0.39, 0.29) is 11.7 Å². The van der Waals surface area contributed by atoms with E-state index in [2.05, 4.69) is 5.32 Å². The third-order valence-corrected chi connectivity index (χ3v) is 3.62. The minimum atomic E-state index is -0.461. The lowest BCUT2D eigenvalue weighted by molar-refractivity contribution is -0.131. The second kappa shape index (κ2) is 6.40. The van der Waals surface area contributed by atoms with Crippen molar-refractivity contribution in [2.45, 2.75) is 33.2 Å². The van der Waals surface area contributed by atoms with Gasteiger partial charge in [-0.05, 0) is 30.5 Å². The Hall–Kier alpha value is -1.55.